The second-order valence-electron chi connectivity index (χ2n) is 7.85. The summed E-state index contributed by atoms with van der Waals surface area (Å²) in [4.78, 5) is 19.9. The zero-order valence-electron chi connectivity index (χ0n) is 19.5. The molecule has 8 heteroatoms. The molecule has 0 bridgehead atoms. The van der Waals surface area contributed by atoms with Crippen LogP contribution in [-0.2, 0) is 4.79 Å². The molecule has 0 saturated carbocycles. The number of ether oxygens (including phenoxy) is 2. The Hall–Kier alpha value is -3.75. The van der Waals surface area contributed by atoms with Crippen LogP contribution in [0.5, 0.6) is 11.5 Å². The maximum Gasteiger partial charge on any atom is 0.283 e. The number of methoxy groups -OCH3 is 1. The summed E-state index contributed by atoms with van der Waals surface area (Å²) in [6, 6.07) is 25.4. The number of fused-ring (bicyclic) bond motifs is 1. The molecule has 180 valence electrons. The summed E-state index contributed by atoms with van der Waals surface area (Å²) < 4.78 is 11.5. The lowest BCUT2D eigenvalue weighted by atomic mass is 10.1. The SMILES string of the molecule is COc1cc(C=C2C(=N)N3C(c4ccccc4)=CSC3=NC2=O)ccc1OCCSc1ccccc1. The Morgan fingerprint density at radius 1 is 1.03 bits per heavy atom. The fraction of sp³-hybridized carbons (Fsp3) is 0.107. The van der Waals surface area contributed by atoms with Gasteiger partial charge in [0.1, 0.15) is 5.84 Å². The number of amides is 1. The van der Waals surface area contributed by atoms with E-state index in [0.29, 0.717) is 23.3 Å². The Kier molecular flexibility index (Phi) is 7.25. The van der Waals surface area contributed by atoms with Crippen molar-refractivity contribution in [2.24, 2.45) is 4.99 Å². The molecule has 3 aromatic rings. The van der Waals surface area contributed by atoms with E-state index in [1.54, 1.807) is 35.9 Å². The van der Waals surface area contributed by atoms with E-state index in [0.717, 1.165) is 22.6 Å². The molecule has 2 heterocycles. The Bertz CT molecular complexity index is 1390. The van der Waals surface area contributed by atoms with Crippen molar-refractivity contribution >= 4 is 52.2 Å². The van der Waals surface area contributed by atoms with Crippen LogP contribution in [0, 0.1) is 5.41 Å². The predicted molar refractivity (Wildman–Crippen MR) is 148 cm³/mol. The van der Waals surface area contributed by atoms with Gasteiger partial charge in [-0.3, -0.25) is 15.1 Å². The molecule has 3 aromatic carbocycles. The number of nitrogens with zero attached hydrogens (tertiary/aromatic N) is 2. The first kappa shape index (κ1) is 24.0. The lowest BCUT2D eigenvalue weighted by Crippen LogP contribution is -2.38. The number of benzene rings is 3. The van der Waals surface area contributed by atoms with Crippen LogP contribution in [0.25, 0.3) is 11.8 Å². The lowest BCUT2D eigenvalue weighted by molar-refractivity contribution is -0.114. The second kappa shape index (κ2) is 10.9. The quantitative estimate of drug-likeness (QED) is 0.221. The van der Waals surface area contributed by atoms with E-state index in [4.69, 9.17) is 14.9 Å². The summed E-state index contributed by atoms with van der Waals surface area (Å²) in [5, 5.41) is 11.2. The first-order valence-corrected chi connectivity index (χ1v) is 13.2. The first-order chi connectivity index (χ1) is 17.6. The van der Waals surface area contributed by atoms with Crippen molar-refractivity contribution < 1.29 is 14.3 Å². The van der Waals surface area contributed by atoms with Gasteiger partial charge in [0, 0.05) is 16.1 Å². The molecule has 0 saturated heterocycles. The number of hydrogen-bond acceptors (Lipinski definition) is 6. The van der Waals surface area contributed by atoms with Gasteiger partial charge < -0.3 is 9.47 Å². The van der Waals surface area contributed by atoms with Crippen molar-refractivity contribution in [1.29, 1.82) is 5.41 Å². The number of amidine groups is 2. The molecule has 0 atom stereocenters. The highest BCUT2D eigenvalue weighted by Crippen LogP contribution is 2.37. The molecular formula is C28H23N3O3S2. The number of carbonyl (C=O) groups is 1. The highest BCUT2D eigenvalue weighted by atomic mass is 32.2. The maximum atomic E-state index is 12.8. The molecule has 2 aliphatic rings. The topological polar surface area (TPSA) is 75.0 Å². The van der Waals surface area contributed by atoms with Crippen LogP contribution < -0.4 is 9.47 Å². The molecule has 0 aliphatic carbocycles. The van der Waals surface area contributed by atoms with Gasteiger partial charge in [-0.1, -0.05) is 66.4 Å². The van der Waals surface area contributed by atoms with Crippen molar-refractivity contribution in [3.63, 3.8) is 0 Å². The van der Waals surface area contributed by atoms with Gasteiger partial charge in [0.25, 0.3) is 5.91 Å². The van der Waals surface area contributed by atoms with Crippen LogP contribution in [0.4, 0.5) is 0 Å². The van der Waals surface area contributed by atoms with Gasteiger partial charge in [-0.05, 0) is 41.5 Å². The molecule has 1 N–H and O–H groups in total. The van der Waals surface area contributed by atoms with Crippen molar-refractivity contribution in [2.45, 2.75) is 4.90 Å². The molecule has 1 amide bonds. The van der Waals surface area contributed by atoms with Crippen molar-refractivity contribution in [1.82, 2.24) is 4.90 Å². The first-order valence-electron chi connectivity index (χ1n) is 11.3. The van der Waals surface area contributed by atoms with Crippen LogP contribution in [0.1, 0.15) is 11.1 Å². The average molecular weight is 514 g/mol. The largest absolute Gasteiger partial charge is 0.493 e. The minimum Gasteiger partial charge on any atom is -0.493 e. The Morgan fingerprint density at radius 3 is 2.53 bits per heavy atom. The molecular weight excluding hydrogens is 490 g/mol. The van der Waals surface area contributed by atoms with E-state index in [9.17, 15) is 4.79 Å². The Balaban J connectivity index is 1.32. The highest BCUT2D eigenvalue weighted by Gasteiger charge is 2.36. The average Bonchev–Trinajstić information content (AvgIpc) is 3.34. The van der Waals surface area contributed by atoms with Crippen LogP contribution in [0.3, 0.4) is 0 Å². The summed E-state index contributed by atoms with van der Waals surface area (Å²) in [7, 11) is 1.58. The summed E-state index contributed by atoms with van der Waals surface area (Å²) in [6.45, 7) is 0.526. The fourth-order valence-electron chi connectivity index (χ4n) is 3.80. The van der Waals surface area contributed by atoms with E-state index in [2.05, 4.69) is 17.1 Å². The smallest absolute Gasteiger partial charge is 0.283 e. The van der Waals surface area contributed by atoms with E-state index in [-0.39, 0.29) is 11.4 Å². The molecule has 36 heavy (non-hydrogen) atoms. The molecule has 0 unspecified atom stereocenters. The third-order valence-corrected chi connectivity index (χ3v) is 7.34. The van der Waals surface area contributed by atoms with Gasteiger partial charge in [-0.15, -0.1) is 11.8 Å². The molecule has 0 aromatic heterocycles. The molecule has 0 fully saturated rings. The maximum absolute atomic E-state index is 12.8. The Labute approximate surface area is 218 Å². The molecule has 5 rings (SSSR count). The van der Waals surface area contributed by atoms with Crippen LogP contribution in [0.15, 0.2) is 99.7 Å². The summed E-state index contributed by atoms with van der Waals surface area (Å²) in [6.07, 6.45) is 1.67. The van der Waals surface area contributed by atoms with Crippen LogP contribution >= 0.6 is 23.5 Å². The molecule has 6 nitrogen and oxygen atoms in total. The summed E-state index contributed by atoms with van der Waals surface area (Å²) >= 11 is 3.07. The third kappa shape index (κ3) is 5.10. The van der Waals surface area contributed by atoms with Crippen LogP contribution in [0.2, 0.25) is 0 Å². The Morgan fingerprint density at radius 2 is 1.78 bits per heavy atom. The van der Waals surface area contributed by atoms with E-state index >= 15 is 0 Å². The number of thioether (sulfide) groups is 2. The molecule has 0 spiro atoms. The van der Waals surface area contributed by atoms with E-state index < -0.39 is 5.91 Å². The van der Waals surface area contributed by atoms with Gasteiger partial charge in [0.2, 0.25) is 0 Å². The van der Waals surface area contributed by atoms with Gasteiger partial charge in [-0.2, -0.15) is 4.99 Å². The summed E-state index contributed by atoms with van der Waals surface area (Å²) in [5.41, 5.74) is 2.74. The van der Waals surface area contributed by atoms with Crippen molar-refractivity contribution in [3.05, 3.63) is 101 Å². The van der Waals surface area contributed by atoms with E-state index in [1.165, 1.54) is 16.7 Å². The number of rotatable bonds is 8. The standard InChI is InChI=1S/C28H23N3O3S2/c1-33-25-17-19(12-13-24(25)34-14-15-35-21-10-6-3-7-11-21)16-22-26(29)31-23(20-8-4-2-5-9-20)18-36-28(31)30-27(22)32/h2-13,16-18,29H,14-15H2,1H3. The molecule has 0 radical (unpaired) electrons. The fourth-order valence-corrected chi connectivity index (χ4v) is 5.44. The molecule has 2 aliphatic heterocycles. The van der Waals surface area contributed by atoms with Gasteiger partial charge in [-0.25, -0.2) is 0 Å². The predicted octanol–water partition coefficient (Wildman–Crippen LogP) is 6.17. The van der Waals surface area contributed by atoms with Gasteiger partial charge in [0.05, 0.1) is 25.0 Å². The number of nitrogens with one attached hydrogen (secondary N) is 1. The normalized spacial score (nSPS) is 16.0. The monoisotopic (exact) mass is 513 g/mol. The van der Waals surface area contributed by atoms with Crippen molar-refractivity contribution in [3.8, 4) is 11.5 Å². The number of hydrogen-bond donors (Lipinski definition) is 1. The lowest BCUT2D eigenvalue weighted by Gasteiger charge is -2.27. The van der Waals surface area contributed by atoms with E-state index in [1.807, 2.05) is 66.1 Å². The highest BCUT2D eigenvalue weighted by molar-refractivity contribution is 8.17. The van der Waals surface area contributed by atoms with Crippen LogP contribution in [-0.4, -0.2) is 41.3 Å². The van der Waals surface area contributed by atoms with Crippen molar-refractivity contribution in [2.75, 3.05) is 19.5 Å². The second-order valence-corrected chi connectivity index (χ2v) is 9.85. The third-order valence-electron chi connectivity index (χ3n) is 5.54. The minimum atomic E-state index is -0.432. The summed E-state index contributed by atoms with van der Waals surface area (Å²) in [5.74, 6) is 1.66. The zero-order valence-corrected chi connectivity index (χ0v) is 21.1. The number of carbonyl (C=O) groups excluding carboxylic acids is 1. The minimum absolute atomic E-state index is 0.0994. The van der Waals surface area contributed by atoms with Gasteiger partial charge in [0.15, 0.2) is 16.7 Å². The van der Waals surface area contributed by atoms with Gasteiger partial charge >= 0.3 is 0 Å². The number of aliphatic imine (C=N–C) groups is 1. The zero-order chi connectivity index (χ0) is 24.9.